The van der Waals surface area contributed by atoms with Crippen LogP contribution in [0.3, 0.4) is 0 Å². The number of rotatable bonds is 17. The highest BCUT2D eigenvalue weighted by Crippen LogP contribution is 2.41. The largest absolute Gasteiger partial charge is 0.377 e. The fraction of sp³-hybridized carbons (Fsp3) is 0.529. The first kappa shape index (κ1) is 38.8. The van der Waals surface area contributed by atoms with Crippen LogP contribution in [-0.4, -0.2) is 74.2 Å². The lowest BCUT2D eigenvalue weighted by Gasteiger charge is -2.40. The van der Waals surface area contributed by atoms with Crippen LogP contribution in [0, 0.1) is 10.1 Å². The van der Waals surface area contributed by atoms with Gasteiger partial charge in [-0.15, -0.1) is 0 Å². The van der Waals surface area contributed by atoms with Gasteiger partial charge >= 0.3 is 0 Å². The molecule has 1 fully saturated rings. The second-order valence-electron chi connectivity index (χ2n) is 12.2. The van der Waals surface area contributed by atoms with E-state index in [0.717, 1.165) is 44.2 Å². The molecule has 1 aliphatic carbocycles. The van der Waals surface area contributed by atoms with Gasteiger partial charge in [0.05, 0.1) is 53.9 Å². The minimum Gasteiger partial charge on any atom is -0.377 e. The van der Waals surface area contributed by atoms with Crippen molar-refractivity contribution in [2.45, 2.75) is 76.3 Å². The number of carbonyl (C=O) groups excluding carboxylic acids is 3. The maximum atomic E-state index is 13.2. The summed E-state index contributed by atoms with van der Waals surface area (Å²) in [6.45, 7) is 1.65. The molecule has 0 spiro atoms. The first-order valence-corrected chi connectivity index (χ1v) is 17.7. The third-order valence-corrected chi connectivity index (χ3v) is 9.19. The number of halogens is 2. The third-order valence-electron chi connectivity index (χ3n) is 8.45. The summed E-state index contributed by atoms with van der Waals surface area (Å²) < 4.78 is 11.0. The van der Waals surface area contributed by atoms with Gasteiger partial charge in [0, 0.05) is 61.0 Å². The molecular weight excluding hydrogens is 689 g/mol. The number of fused-ring (bicyclic) bond motifs is 1. The number of amides is 3. The number of hydrogen-bond donors (Lipinski definition) is 4. The molecule has 3 amide bonds. The Balaban J connectivity index is 1.38. The van der Waals surface area contributed by atoms with Gasteiger partial charge in [-0.25, -0.2) is 4.99 Å². The van der Waals surface area contributed by atoms with E-state index in [1.807, 2.05) is 0 Å². The van der Waals surface area contributed by atoms with E-state index in [1.54, 1.807) is 24.3 Å². The molecule has 2 aromatic carbocycles. The summed E-state index contributed by atoms with van der Waals surface area (Å²) in [5.41, 5.74) is 7.04. The van der Waals surface area contributed by atoms with E-state index in [0.29, 0.717) is 40.4 Å². The zero-order valence-corrected chi connectivity index (χ0v) is 29.5. The van der Waals surface area contributed by atoms with Gasteiger partial charge < -0.3 is 36.1 Å². The van der Waals surface area contributed by atoms with Crippen LogP contribution in [0.4, 0.5) is 17.1 Å². The van der Waals surface area contributed by atoms with Gasteiger partial charge in [-0.2, -0.15) is 0 Å². The first-order valence-electron chi connectivity index (χ1n) is 17.0. The molecule has 16 heteroatoms. The minimum atomic E-state index is -0.689. The molecular formula is C34H45Cl2N7O7. The van der Waals surface area contributed by atoms with E-state index in [-0.39, 0.29) is 69.2 Å². The lowest BCUT2D eigenvalue weighted by atomic mass is 9.92. The number of nitro groups is 1. The van der Waals surface area contributed by atoms with Crippen LogP contribution in [0.15, 0.2) is 41.4 Å². The summed E-state index contributed by atoms with van der Waals surface area (Å²) in [4.78, 5) is 54.0. The number of anilines is 2. The normalized spacial score (nSPS) is 16.4. The van der Waals surface area contributed by atoms with Crippen molar-refractivity contribution >= 4 is 63.9 Å². The van der Waals surface area contributed by atoms with Gasteiger partial charge in [0.15, 0.2) is 0 Å². The molecule has 4 rings (SSSR count). The molecule has 1 aliphatic heterocycles. The highest BCUT2D eigenvalue weighted by Gasteiger charge is 2.35. The zero-order valence-electron chi connectivity index (χ0n) is 28.0. The van der Waals surface area contributed by atoms with E-state index >= 15 is 0 Å². The Labute approximate surface area is 301 Å². The van der Waals surface area contributed by atoms with Crippen molar-refractivity contribution in [3.63, 3.8) is 0 Å². The van der Waals surface area contributed by atoms with Crippen LogP contribution in [0.25, 0.3) is 0 Å². The average Bonchev–Trinajstić information content (AvgIpc) is 3.06. The van der Waals surface area contributed by atoms with E-state index in [1.165, 1.54) is 18.6 Å². The predicted octanol–water partition coefficient (Wildman–Crippen LogP) is 5.26. The molecule has 0 aromatic heterocycles. The lowest BCUT2D eigenvalue weighted by molar-refractivity contribution is -0.384. The number of carbonyl (C=O) groups is 3. The molecule has 272 valence electrons. The van der Waals surface area contributed by atoms with Crippen molar-refractivity contribution in [3.05, 3.63) is 62.1 Å². The molecule has 0 bridgehead atoms. The lowest BCUT2D eigenvalue weighted by Crippen LogP contribution is -2.47. The molecule has 1 heterocycles. The monoisotopic (exact) mass is 733 g/mol. The number of primary amides is 1. The van der Waals surface area contributed by atoms with Crippen molar-refractivity contribution < 1.29 is 28.8 Å². The van der Waals surface area contributed by atoms with Gasteiger partial charge in [0.25, 0.3) is 5.69 Å². The molecule has 0 saturated heterocycles. The number of guanidine groups is 1. The van der Waals surface area contributed by atoms with Crippen LogP contribution >= 0.6 is 23.2 Å². The smallest absolute Gasteiger partial charge is 0.269 e. The minimum absolute atomic E-state index is 0.00191. The van der Waals surface area contributed by atoms with E-state index < -0.39 is 16.9 Å². The standard InChI is InChI=1S/C34H45Cl2N7O7/c35-27-10-8-23(20-28(27)36)40-34-41-29(22-33(46)39-15-17-50-19-18-49-16-14-38-32(45)13-12-31(37)44)26-21-25(43(47)48)9-11-30(26)42(34)24-6-4-2-1-3-5-7-24/h8-11,20-21,24,29H,1-7,12-19,22H2,(H2,37,44)(H,38,45)(H,39,46)(H,40,41). The highest BCUT2D eigenvalue weighted by atomic mass is 35.5. The molecule has 1 saturated carbocycles. The molecule has 50 heavy (non-hydrogen) atoms. The summed E-state index contributed by atoms with van der Waals surface area (Å²) in [5, 5.41) is 21.5. The first-order chi connectivity index (χ1) is 24.1. The van der Waals surface area contributed by atoms with Gasteiger partial charge in [0.1, 0.15) is 0 Å². The number of nitrogens with two attached hydrogens (primary N) is 1. The third kappa shape index (κ3) is 12.1. The van der Waals surface area contributed by atoms with E-state index in [4.69, 9.17) is 43.4 Å². The summed E-state index contributed by atoms with van der Waals surface area (Å²) in [7, 11) is 0. The number of aliphatic imine (C=N–C) groups is 1. The number of benzene rings is 2. The number of nitro benzene ring substituents is 1. The van der Waals surface area contributed by atoms with Crippen molar-refractivity contribution in [2.24, 2.45) is 10.7 Å². The molecule has 1 atom stereocenters. The highest BCUT2D eigenvalue weighted by molar-refractivity contribution is 6.42. The van der Waals surface area contributed by atoms with Crippen LogP contribution in [0.5, 0.6) is 0 Å². The predicted molar refractivity (Wildman–Crippen MR) is 193 cm³/mol. The molecule has 2 aromatic rings. The Bertz CT molecular complexity index is 1520. The van der Waals surface area contributed by atoms with Crippen molar-refractivity contribution in [3.8, 4) is 0 Å². The number of nitrogens with one attached hydrogen (secondary N) is 3. The SMILES string of the molecule is NC(=O)CCC(=O)NCCOCCOCCNC(=O)CC1N=C(Nc2ccc(Cl)c(Cl)c2)N(C2CCCCCCC2)c2ccc([N+](=O)[O-])cc21. The fourth-order valence-electron chi connectivity index (χ4n) is 5.97. The Morgan fingerprint density at radius 2 is 1.54 bits per heavy atom. The van der Waals surface area contributed by atoms with Crippen LogP contribution in [0.1, 0.15) is 75.8 Å². The maximum absolute atomic E-state index is 13.2. The van der Waals surface area contributed by atoms with E-state index in [9.17, 15) is 24.5 Å². The van der Waals surface area contributed by atoms with Crippen LogP contribution < -0.4 is 26.6 Å². The zero-order chi connectivity index (χ0) is 35.9. The van der Waals surface area contributed by atoms with Gasteiger partial charge in [-0.3, -0.25) is 24.5 Å². The Morgan fingerprint density at radius 3 is 2.18 bits per heavy atom. The van der Waals surface area contributed by atoms with Crippen LogP contribution in [0.2, 0.25) is 10.0 Å². The number of ether oxygens (including phenoxy) is 2. The average molecular weight is 735 g/mol. The molecule has 1 unspecified atom stereocenters. The van der Waals surface area contributed by atoms with Gasteiger partial charge in [0.2, 0.25) is 23.7 Å². The molecule has 0 radical (unpaired) electrons. The molecule has 2 aliphatic rings. The fourth-order valence-corrected chi connectivity index (χ4v) is 6.27. The number of nitrogens with zero attached hydrogens (tertiary/aromatic N) is 3. The van der Waals surface area contributed by atoms with Crippen LogP contribution in [-0.2, 0) is 23.9 Å². The topological polar surface area (TPSA) is 191 Å². The van der Waals surface area contributed by atoms with E-state index in [2.05, 4.69) is 20.9 Å². The summed E-state index contributed by atoms with van der Waals surface area (Å²) >= 11 is 12.5. The van der Waals surface area contributed by atoms with Gasteiger partial charge in [-0.05, 0) is 37.1 Å². The Morgan fingerprint density at radius 1 is 0.880 bits per heavy atom. The van der Waals surface area contributed by atoms with Gasteiger partial charge in [-0.1, -0.05) is 55.3 Å². The Kier molecular flexibility index (Phi) is 15.5. The number of hydrogen-bond acceptors (Lipinski definition) is 10. The second-order valence-corrected chi connectivity index (χ2v) is 13.0. The van der Waals surface area contributed by atoms with Crippen molar-refractivity contribution in [1.29, 1.82) is 0 Å². The van der Waals surface area contributed by atoms with Crippen molar-refractivity contribution in [2.75, 3.05) is 49.7 Å². The summed E-state index contributed by atoms with van der Waals surface area (Å²) in [6.07, 6.45) is 7.48. The van der Waals surface area contributed by atoms with Crippen molar-refractivity contribution in [1.82, 2.24) is 10.6 Å². The number of non-ortho nitro benzene ring substituents is 1. The second kappa shape index (κ2) is 20.0. The quantitative estimate of drug-likeness (QED) is 0.0954. The molecule has 5 N–H and O–H groups in total. The summed E-state index contributed by atoms with van der Waals surface area (Å²) in [5.74, 6) is -0.539. The summed E-state index contributed by atoms with van der Waals surface area (Å²) in [6, 6.07) is 9.42. The molecule has 14 nitrogen and oxygen atoms in total. The Hall–Kier alpha value is -3.98. The maximum Gasteiger partial charge on any atom is 0.269 e.